The molecule has 1 aliphatic heterocycles. The number of rotatable bonds is 5. The lowest BCUT2D eigenvalue weighted by Crippen LogP contribution is -2.39. The molecule has 0 saturated heterocycles. The summed E-state index contributed by atoms with van der Waals surface area (Å²) >= 11 is 7.80. The Bertz CT molecular complexity index is 1530. The van der Waals surface area contributed by atoms with Gasteiger partial charge in [-0.3, -0.25) is 9.69 Å². The summed E-state index contributed by atoms with van der Waals surface area (Å²) in [7, 11) is 0. The second-order valence-corrected chi connectivity index (χ2v) is 11.5. The topological polar surface area (TPSA) is 70.1 Å². The van der Waals surface area contributed by atoms with Crippen molar-refractivity contribution in [2.75, 3.05) is 4.90 Å². The van der Waals surface area contributed by atoms with Crippen LogP contribution >= 0.6 is 23.4 Å². The molecule has 1 aliphatic carbocycles. The minimum Gasteiger partial charge on any atom is -0.384 e. The first kappa shape index (κ1) is 26.2. The maximum absolute atomic E-state index is 13.6. The smallest absolute Gasteiger partial charge is 0.161 e. The van der Waals surface area contributed by atoms with Crippen molar-refractivity contribution >= 4 is 34.8 Å². The fourth-order valence-electron chi connectivity index (χ4n) is 5.53. The van der Waals surface area contributed by atoms with E-state index in [-0.39, 0.29) is 5.78 Å². The number of nitriles is 1. The number of halogens is 1. The highest BCUT2D eigenvalue weighted by Crippen LogP contribution is 2.47. The van der Waals surface area contributed by atoms with Crippen molar-refractivity contribution in [3.05, 3.63) is 116 Å². The van der Waals surface area contributed by atoms with E-state index in [1.165, 1.54) is 11.1 Å². The fourth-order valence-corrected chi connectivity index (χ4v) is 6.62. The molecule has 2 aliphatic rings. The molecule has 0 amide bonds. The van der Waals surface area contributed by atoms with Crippen LogP contribution in [0.1, 0.15) is 53.0 Å². The molecule has 0 saturated carbocycles. The monoisotopic (exact) mass is 539 g/mol. The summed E-state index contributed by atoms with van der Waals surface area (Å²) in [5.74, 6) is 0.813. The van der Waals surface area contributed by atoms with E-state index in [0.29, 0.717) is 23.4 Å². The number of nitrogens with zero attached hydrogens (tertiary/aromatic N) is 2. The molecule has 2 N–H and O–H groups in total. The lowest BCUT2D eigenvalue weighted by atomic mass is 9.74. The quantitative estimate of drug-likeness (QED) is 0.334. The van der Waals surface area contributed by atoms with Gasteiger partial charge in [0.1, 0.15) is 5.82 Å². The molecule has 0 bridgehead atoms. The zero-order valence-electron chi connectivity index (χ0n) is 21.8. The highest BCUT2D eigenvalue weighted by molar-refractivity contribution is 7.98. The van der Waals surface area contributed by atoms with Gasteiger partial charge in [-0.1, -0.05) is 35.9 Å². The third-order valence-electron chi connectivity index (χ3n) is 7.42. The molecule has 0 aromatic heterocycles. The SMILES string of the molecule is Cc1cccc(N2C(N)=C(C#N)C(c3cc(CSc4ccc(Cl)cc4)c(C)cc3C)C3=C2CCCC3=O)c1. The predicted molar refractivity (Wildman–Crippen MR) is 156 cm³/mol. The largest absolute Gasteiger partial charge is 0.384 e. The van der Waals surface area contributed by atoms with E-state index in [1.54, 1.807) is 11.8 Å². The van der Waals surface area contributed by atoms with Crippen LogP contribution in [0.5, 0.6) is 0 Å². The number of aryl methyl sites for hydroxylation is 3. The van der Waals surface area contributed by atoms with Crippen LogP contribution in [0, 0.1) is 32.1 Å². The van der Waals surface area contributed by atoms with E-state index in [2.05, 4.69) is 38.1 Å². The third kappa shape index (κ3) is 4.87. The van der Waals surface area contributed by atoms with E-state index in [9.17, 15) is 10.1 Å². The Labute approximate surface area is 233 Å². The minimum atomic E-state index is -0.469. The number of allylic oxidation sites excluding steroid dienone is 3. The van der Waals surface area contributed by atoms with E-state index < -0.39 is 5.92 Å². The number of ketones is 1. The Kier molecular flexibility index (Phi) is 7.38. The molecule has 1 heterocycles. The van der Waals surface area contributed by atoms with Crippen LogP contribution in [0.3, 0.4) is 0 Å². The predicted octanol–water partition coefficient (Wildman–Crippen LogP) is 7.86. The van der Waals surface area contributed by atoms with Crippen molar-refractivity contribution in [1.29, 1.82) is 5.26 Å². The normalized spacial score (nSPS) is 17.5. The Balaban J connectivity index is 1.62. The third-order valence-corrected chi connectivity index (χ3v) is 8.73. The number of carbonyl (C=O) groups excluding carboxylic acids is 1. The molecule has 1 atom stereocenters. The number of thioether (sulfide) groups is 1. The maximum Gasteiger partial charge on any atom is 0.161 e. The molecule has 6 heteroatoms. The highest BCUT2D eigenvalue weighted by atomic mass is 35.5. The van der Waals surface area contributed by atoms with Gasteiger partial charge in [0.2, 0.25) is 0 Å². The van der Waals surface area contributed by atoms with Crippen molar-refractivity contribution in [3.63, 3.8) is 0 Å². The van der Waals surface area contributed by atoms with Crippen molar-refractivity contribution in [3.8, 4) is 6.07 Å². The summed E-state index contributed by atoms with van der Waals surface area (Å²) in [5, 5.41) is 11.1. The van der Waals surface area contributed by atoms with Gasteiger partial charge >= 0.3 is 0 Å². The van der Waals surface area contributed by atoms with Crippen LogP contribution in [0.2, 0.25) is 5.02 Å². The maximum atomic E-state index is 13.6. The molecule has 192 valence electrons. The number of hydrogen-bond donors (Lipinski definition) is 1. The molecular weight excluding hydrogens is 510 g/mol. The Hall–Kier alpha value is -3.46. The molecule has 0 spiro atoms. The molecule has 4 nitrogen and oxygen atoms in total. The lowest BCUT2D eigenvalue weighted by molar-refractivity contribution is -0.116. The average Bonchev–Trinajstić information content (AvgIpc) is 2.89. The summed E-state index contributed by atoms with van der Waals surface area (Å²) < 4.78 is 0. The zero-order chi connectivity index (χ0) is 27.0. The molecule has 38 heavy (non-hydrogen) atoms. The number of Topliss-reactive ketones (excluding diaryl/α,β-unsaturated/α-hetero) is 1. The van der Waals surface area contributed by atoms with Crippen LogP contribution in [-0.4, -0.2) is 5.78 Å². The summed E-state index contributed by atoms with van der Waals surface area (Å²) in [6, 6.07) is 22.6. The average molecular weight is 540 g/mol. The highest BCUT2D eigenvalue weighted by Gasteiger charge is 2.41. The Morgan fingerprint density at radius 1 is 1.05 bits per heavy atom. The Morgan fingerprint density at radius 3 is 2.53 bits per heavy atom. The van der Waals surface area contributed by atoms with E-state index >= 15 is 0 Å². The molecule has 1 unspecified atom stereocenters. The summed E-state index contributed by atoms with van der Waals surface area (Å²) in [4.78, 5) is 16.6. The van der Waals surface area contributed by atoms with Gasteiger partial charge in [0.05, 0.1) is 17.6 Å². The van der Waals surface area contributed by atoms with Crippen molar-refractivity contribution in [1.82, 2.24) is 0 Å². The number of nitrogens with two attached hydrogens (primary N) is 1. The van der Waals surface area contributed by atoms with Gasteiger partial charge in [-0.15, -0.1) is 11.8 Å². The van der Waals surface area contributed by atoms with Gasteiger partial charge in [-0.05, 0) is 97.8 Å². The van der Waals surface area contributed by atoms with Crippen molar-refractivity contribution < 1.29 is 4.79 Å². The van der Waals surface area contributed by atoms with Crippen molar-refractivity contribution in [2.24, 2.45) is 5.73 Å². The van der Waals surface area contributed by atoms with E-state index in [4.69, 9.17) is 17.3 Å². The molecule has 3 aromatic rings. The van der Waals surface area contributed by atoms with Crippen molar-refractivity contribution in [2.45, 2.75) is 56.6 Å². The van der Waals surface area contributed by atoms with Gasteiger partial charge in [0.25, 0.3) is 0 Å². The van der Waals surface area contributed by atoms with Gasteiger partial charge < -0.3 is 5.73 Å². The molecule has 0 fully saturated rings. The van der Waals surface area contributed by atoms with Crippen LogP contribution in [0.25, 0.3) is 0 Å². The number of benzene rings is 3. The number of anilines is 1. The minimum absolute atomic E-state index is 0.103. The number of carbonyl (C=O) groups is 1. The molecule has 5 rings (SSSR count). The molecule has 3 aromatic carbocycles. The van der Waals surface area contributed by atoms with Crippen LogP contribution in [-0.2, 0) is 10.5 Å². The standard InChI is InChI=1S/C32H30ClN3OS/c1-19-6-4-7-24(14-19)36-28-8-5-9-29(37)31(28)30(27(17-34)32(36)35)26-16-22(20(2)15-21(26)3)18-38-25-12-10-23(33)11-13-25/h4,6-7,10-16,30H,5,8-9,18,35H2,1-3H3. The first-order valence-electron chi connectivity index (χ1n) is 12.8. The second-order valence-electron chi connectivity index (χ2n) is 10.0. The summed E-state index contributed by atoms with van der Waals surface area (Å²) in [5.41, 5.74) is 15.2. The van der Waals surface area contributed by atoms with Gasteiger partial charge in [0, 0.05) is 39.0 Å². The summed E-state index contributed by atoms with van der Waals surface area (Å²) in [6.07, 6.45) is 2.01. The molecular formula is C32H30ClN3OS. The van der Waals surface area contributed by atoms with E-state index in [1.807, 2.05) is 54.3 Å². The summed E-state index contributed by atoms with van der Waals surface area (Å²) in [6.45, 7) is 6.20. The van der Waals surface area contributed by atoms with E-state index in [0.717, 1.165) is 56.6 Å². The van der Waals surface area contributed by atoms with Crippen LogP contribution in [0.15, 0.2) is 88.2 Å². The van der Waals surface area contributed by atoms with Gasteiger partial charge in [0.15, 0.2) is 5.78 Å². The van der Waals surface area contributed by atoms with Crippen LogP contribution in [0.4, 0.5) is 5.69 Å². The second kappa shape index (κ2) is 10.7. The number of hydrogen-bond acceptors (Lipinski definition) is 5. The first-order valence-corrected chi connectivity index (χ1v) is 14.2. The lowest BCUT2D eigenvalue weighted by Gasteiger charge is -2.40. The zero-order valence-corrected chi connectivity index (χ0v) is 23.4. The fraction of sp³-hybridized carbons (Fsp3) is 0.250. The van der Waals surface area contributed by atoms with Gasteiger partial charge in [-0.25, -0.2) is 0 Å². The van der Waals surface area contributed by atoms with Crippen LogP contribution < -0.4 is 10.6 Å². The first-order chi connectivity index (χ1) is 18.3. The Morgan fingerprint density at radius 2 is 1.82 bits per heavy atom. The van der Waals surface area contributed by atoms with Gasteiger partial charge in [-0.2, -0.15) is 5.26 Å². The molecule has 0 radical (unpaired) electrons.